The first-order chi connectivity index (χ1) is 10.3. The van der Waals surface area contributed by atoms with Crippen molar-refractivity contribution in [1.29, 1.82) is 0 Å². The summed E-state index contributed by atoms with van der Waals surface area (Å²) in [5.74, 6) is 0.740. The summed E-state index contributed by atoms with van der Waals surface area (Å²) < 4.78 is 33.0. The lowest BCUT2D eigenvalue weighted by Crippen LogP contribution is -2.26. The third-order valence-corrected chi connectivity index (χ3v) is 6.44. The van der Waals surface area contributed by atoms with Gasteiger partial charge in [-0.1, -0.05) is 28.1 Å². The number of methoxy groups -OCH3 is 1. The number of sulfonamides is 1. The Morgan fingerprint density at radius 1 is 1.09 bits per heavy atom. The maximum atomic E-state index is 12.7. The van der Waals surface area contributed by atoms with Gasteiger partial charge in [0.05, 0.1) is 12.0 Å². The van der Waals surface area contributed by atoms with Gasteiger partial charge in [-0.3, -0.25) is 0 Å². The molecule has 7 heteroatoms. The molecule has 0 saturated carbocycles. The van der Waals surface area contributed by atoms with Gasteiger partial charge in [0.1, 0.15) is 5.75 Å². The second-order valence-electron chi connectivity index (χ2n) is 4.68. The Bertz CT molecular complexity index is 761. The Morgan fingerprint density at radius 2 is 1.73 bits per heavy atom. The first-order valence-corrected chi connectivity index (χ1v) is 9.41. The van der Waals surface area contributed by atoms with Crippen molar-refractivity contribution < 1.29 is 13.2 Å². The minimum Gasteiger partial charge on any atom is -0.497 e. The summed E-state index contributed by atoms with van der Waals surface area (Å²) in [6.45, 7) is 0.283. The average molecular weight is 449 g/mol. The molecule has 0 radical (unpaired) electrons. The molecular weight excluding hydrogens is 434 g/mol. The van der Waals surface area contributed by atoms with Crippen LogP contribution in [0.1, 0.15) is 5.56 Å². The number of halogens is 2. The van der Waals surface area contributed by atoms with E-state index in [0.717, 1.165) is 11.3 Å². The SMILES string of the molecule is COc1ccc(CN(C)S(=O)(=O)c2cc(Br)ccc2Br)cc1. The van der Waals surface area contributed by atoms with Crippen LogP contribution < -0.4 is 4.74 Å². The number of rotatable bonds is 5. The minimum absolute atomic E-state index is 0.234. The quantitative estimate of drug-likeness (QED) is 0.693. The van der Waals surface area contributed by atoms with Crippen LogP contribution in [0.15, 0.2) is 56.3 Å². The van der Waals surface area contributed by atoms with E-state index in [2.05, 4.69) is 31.9 Å². The first-order valence-electron chi connectivity index (χ1n) is 6.39. The van der Waals surface area contributed by atoms with Gasteiger partial charge in [-0.15, -0.1) is 0 Å². The van der Waals surface area contributed by atoms with Gasteiger partial charge in [0, 0.05) is 22.5 Å². The molecule has 0 N–H and O–H groups in total. The fraction of sp³-hybridized carbons (Fsp3) is 0.200. The highest BCUT2D eigenvalue weighted by Crippen LogP contribution is 2.28. The van der Waals surface area contributed by atoms with Crippen LogP contribution in [0.2, 0.25) is 0 Å². The molecule has 2 rings (SSSR count). The van der Waals surface area contributed by atoms with Gasteiger partial charge in [0.15, 0.2) is 0 Å². The molecule has 0 bridgehead atoms. The Morgan fingerprint density at radius 3 is 2.32 bits per heavy atom. The predicted molar refractivity (Wildman–Crippen MR) is 93.5 cm³/mol. The van der Waals surface area contributed by atoms with Gasteiger partial charge in [-0.2, -0.15) is 4.31 Å². The third-order valence-electron chi connectivity index (χ3n) is 3.15. The molecule has 0 spiro atoms. The average Bonchev–Trinajstić information content (AvgIpc) is 2.50. The van der Waals surface area contributed by atoms with Gasteiger partial charge < -0.3 is 4.74 Å². The number of hydrogen-bond acceptors (Lipinski definition) is 3. The Balaban J connectivity index is 2.26. The van der Waals surface area contributed by atoms with Crippen LogP contribution in [0.5, 0.6) is 5.75 Å². The number of ether oxygens (including phenoxy) is 1. The van der Waals surface area contributed by atoms with Crippen molar-refractivity contribution in [3.8, 4) is 5.75 Å². The molecule has 0 aliphatic heterocycles. The van der Waals surface area contributed by atoms with Crippen LogP contribution in [0.25, 0.3) is 0 Å². The number of benzene rings is 2. The summed E-state index contributed by atoms with van der Waals surface area (Å²) in [6, 6.07) is 12.4. The van der Waals surface area contributed by atoms with Crippen LogP contribution in [-0.2, 0) is 16.6 Å². The maximum Gasteiger partial charge on any atom is 0.244 e. The Labute approximate surface area is 147 Å². The van der Waals surface area contributed by atoms with Crippen LogP contribution in [0, 0.1) is 0 Å². The molecule has 0 amide bonds. The molecule has 2 aromatic carbocycles. The summed E-state index contributed by atoms with van der Waals surface area (Å²) in [6.07, 6.45) is 0. The van der Waals surface area contributed by atoms with E-state index in [0.29, 0.717) is 8.95 Å². The summed E-state index contributed by atoms with van der Waals surface area (Å²) in [5.41, 5.74) is 0.887. The lowest BCUT2D eigenvalue weighted by atomic mass is 10.2. The third kappa shape index (κ3) is 3.90. The lowest BCUT2D eigenvalue weighted by Gasteiger charge is -2.18. The molecule has 118 valence electrons. The maximum absolute atomic E-state index is 12.7. The molecular formula is C15H15Br2NO3S. The highest BCUT2D eigenvalue weighted by atomic mass is 79.9. The van der Waals surface area contributed by atoms with Gasteiger partial charge in [-0.05, 0) is 51.8 Å². The van der Waals surface area contributed by atoms with E-state index < -0.39 is 10.0 Å². The molecule has 0 saturated heterocycles. The van der Waals surface area contributed by atoms with Gasteiger partial charge >= 0.3 is 0 Å². The summed E-state index contributed by atoms with van der Waals surface area (Å²) in [7, 11) is -0.425. The van der Waals surface area contributed by atoms with Gasteiger partial charge in [0.25, 0.3) is 0 Å². The van der Waals surface area contributed by atoms with E-state index in [1.165, 1.54) is 4.31 Å². The topological polar surface area (TPSA) is 46.6 Å². The second kappa shape index (κ2) is 7.12. The zero-order valence-electron chi connectivity index (χ0n) is 12.1. The van der Waals surface area contributed by atoms with Crippen LogP contribution in [0.3, 0.4) is 0 Å². The minimum atomic E-state index is -3.58. The predicted octanol–water partition coefficient (Wildman–Crippen LogP) is 4.04. The van der Waals surface area contributed by atoms with Crippen molar-refractivity contribution in [3.05, 3.63) is 57.0 Å². The smallest absolute Gasteiger partial charge is 0.244 e. The zero-order valence-corrected chi connectivity index (χ0v) is 16.1. The van der Waals surface area contributed by atoms with Crippen LogP contribution in [-0.4, -0.2) is 26.9 Å². The Kier molecular flexibility index (Phi) is 5.65. The zero-order chi connectivity index (χ0) is 16.3. The Hall–Kier alpha value is -0.890. The van der Waals surface area contributed by atoms with Gasteiger partial charge in [-0.25, -0.2) is 8.42 Å². The number of hydrogen-bond donors (Lipinski definition) is 0. The van der Waals surface area contributed by atoms with E-state index in [9.17, 15) is 8.42 Å². The fourth-order valence-electron chi connectivity index (χ4n) is 1.92. The van der Waals surface area contributed by atoms with Crippen molar-refractivity contribution in [2.75, 3.05) is 14.2 Å². The summed E-state index contributed by atoms with van der Waals surface area (Å²) in [5, 5.41) is 0. The monoisotopic (exact) mass is 447 g/mol. The molecule has 22 heavy (non-hydrogen) atoms. The van der Waals surface area contributed by atoms with E-state index >= 15 is 0 Å². The largest absolute Gasteiger partial charge is 0.497 e. The van der Waals surface area contributed by atoms with Crippen molar-refractivity contribution in [2.24, 2.45) is 0 Å². The van der Waals surface area contributed by atoms with Crippen molar-refractivity contribution in [2.45, 2.75) is 11.4 Å². The lowest BCUT2D eigenvalue weighted by molar-refractivity contribution is 0.414. The molecule has 0 aliphatic carbocycles. The van der Waals surface area contributed by atoms with E-state index in [1.807, 2.05) is 24.3 Å². The molecule has 0 aliphatic rings. The van der Waals surface area contributed by atoms with Crippen LogP contribution in [0.4, 0.5) is 0 Å². The highest BCUT2D eigenvalue weighted by molar-refractivity contribution is 9.11. The van der Waals surface area contributed by atoms with Crippen LogP contribution >= 0.6 is 31.9 Å². The normalized spacial score (nSPS) is 11.7. The molecule has 0 aromatic heterocycles. The highest BCUT2D eigenvalue weighted by Gasteiger charge is 2.23. The van der Waals surface area contributed by atoms with E-state index in [4.69, 9.17) is 4.74 Å². The van der Waals surface area contributed by atoms with Crippen molar-refractivity contribution >= 4 is 41.9 Å². The first kappa shape index (κ1) is 17.5. The van der Waals surface area contributed by atoms with E-state index in [1.54, 1.807) is 32.4 Å². The van der Waals surface area contributed by atoms with E-state index in [-0.39, 0.29) is 11.4 Å². The van der Waals surface area contributed by atoms with Gasteiger partial charge in [0.2, 0.25) is 10.0 Å². The number of nitrogens with zero attached hydrogens (tertiary/aromatic N) is 1. The molecule has 4 nitrogen and oxygen atoms in total. The van der Waals surface area contributed by atoms with Crippen molar-refractivity contribution in [3.63, 3.8) is 0 Å². The molecule has 2 aromatic rings. The second-order valence-corrected chi connectivity index (χ2v) is 8.47. The molecule has 0 unspecified atom stereocenters. The van der Waals surface area contributed by atoms with Crippen molar-refractivity contribution in [1.82, 2.24) is 4.31 Å². The fourth-order valence-corrected chi connectivity index (χ4v) is 4.53. The standard InChI is InChI=1S/C15H15Br2NO3S/c1-18(10-11-3-6-13(21-2)7-4-11)22(19,20)15-9-12(16)5-8-14(15)17/h3-9H,10H2,1-2H3. The molecule has 0 atom stereocenters. The molecule has 0 heterocycles. The molecule has 0 fully saturated rings. The summed E-state index contributed by atoms with van der Waals surface area (Å²) in [4.78, 5) is 0.234. The summed E-state index contributed by atoms with van der Waals surface area (Å²) >= 11 is 6.60.